The van der Waals surface area contributed by atoms with Crippen molar-refractivity contribution in [2.75, 3.05) is 39.5 Å². The molecule has 0 aliphatic carbocycles. The maximum absolute atomic E-state index is 9.40. The van der Waals surface area contributed by atoms with Crippen molar-refractivity contribution in [3.63, 3.8) is 0 Å². The molecule has 1 aliphatic heterocycles. The fourth-order valence-corrected chi connectivity index (χ4v) is 2.01. The number of aliphatic hydroxyl groups is 1. The third-order valence-electron chi connectivity index (χ3n) is 2.97. The van der Waals surface area contributed by atoms with Crippen LogP contribution in [0, 0.1) is 6.92 Å². The number of aliphatic hydroxyl groups excluding tert-OH is 1. The fraction of sp³-hybridized carbons (Fsp3) is 0.667. The summed E-state index contributed by atoms with van der Waals surface area (Å²) in [7, 11) is 0. The van der Waals surface area contributed by atoms with Gasteiger partial charge in [-0.05, 0) is 19.1 Å². The Hall–Kier alpha value is -0.840. The molecule has 1 atom stereocenters. The van der Waals surface area contributed by atoms with Gasteiger partial charge in [0.05, 0.1) is 25.7 Å². The Balaban J connectivity index is 1.94. The van der Waals surface area contributed by atoms with Gasteiger partial charge >= 0.3 is 0 Å². The predicted octanol–water partition coefficient (Wildman–Crippen LogP) is 0.996. The summed E-state index contributed by atoms with van der Waals surface area (Å²) in [5.41, 5.74) is 0. The summed E-state index contributed by atoms with van der Waals surface area (Å²) in [6.45, 7) is 6.35. The second-order valence-corrected chi connectivity index (χ2v) is 4.24. The van der Waals surface area contributed by atoms with Crippen LogP contribution in [0.3, 0.4) is 0 Å². The molecule has 1 aromatic heterocycles. The second kappa shape index (κ2) is 5.48. The first-order valence-corrected chi connectivity index (χ1v) is 5.77. The molecule has 0 amide bonds. The second-order valence-electron chi connectivity index (χ2n) is 4.24. The molecule has 2 rings (SSSR count). The average Bonchev–Trinajstić information content (AvgIpc) is 2.74. The smallest absolute Gasteiger partial charge is 0.110 e. The van der Waals surface area contributed by atoms with E-state index in [0.717, 1.165) is 44.4 Å². The molecule has 0 aromatic carbocycles. The van der Waals surface area contributed by atoms with E-state index in [4.69, 9.17) is 9.15 Å². The van der Waals surface area contributed by atoms with Gasteiger partial charge in [-0.15, -0.1) is 0 Å². The highest BCUT2D eigenvalue weighted by molar-refractivity contribution is 5.11. The maximum atomic E-state index is 9.40. The summed E-state index contributed by atoms with van der Waals surface area (Å²) in [6.07, 6.45) is 0. The van der Waals surface area contributed by atoms with Crippen LogP contribution >= 0.6 is 0 Å². The molecule has 4 nitrogen and oxygen atoms in total. The van der Waals surface area contributed by atoms with Crippen molar-refractivity contribution in [2.45, 2.75) is 12.8 Å². The van der Waals surface area contributed by atoms with Gasteiger partial charge < -0.3 is 14.3 Å². The quantitative estimate of drug-likeness (QED) is 0.830. The van der Waals surface area contributed by atoms with Crippen molar-refractivity contribution in [3.05, 3.63) is 23.7 Å². The lowest BCUT2D eigenvalue weighted by molar-refractivity contribution is 0.0306. The van der Waals surface area contributed by atoms with E-state index in [1.165, 1.54) is 0 Å². The molecule has 1 unspecified atom stereocenters. The van der Waals surface area contributed by atoms with Crippen molar-refractivity contribution in [1.29, 1.82) is 0 Å². The number of ether oxygens (including phenoxy) is 1. The van der Waals surface area contributed by atoms with Gasteiger partial charge in [-0.2, -0.15) is 0 Å². The van der Waals surface area contributed by atoms with Crippen LogP contribution in [0.25, 0.3) is 0 Å². The van der Waals surface area contributed by atoms with Crippen molar-refractivity contribution >= 4 is 0 Å². The topological polar surface area (TPSA) is 45.8 Å². The standard InChI is InChI=1S/C12H19NO3/c1-10-2-3-12(16-10)11(9-14)8-13-4-6-15-7-5-13/h2-3,11,14H,4-9H2,1H3. The van der Waals surface area contributed by atoms with Crippen molar-refractivity contribution in [1.82, 2.24) is 4.90 Å². The van der Waals surface area contributed by atoms with Crippen molar-refractivity contribution in [2.24, 2.45) is 0 Å². The lowest BCUT2D eigenvalue weighted by Crippen LogP contribution is -2.39. The predicted molar refractivity (Wildman–Crippen MR) is 60.5 cm³/mol. The van der Waals surface area contributed by atoms with Crippen molar-refractivity contribution < 1.29 is 14.3 Å². The molecule has 1 saturated heterocycles. The molecule has 0 radical (unpaired) electrons. The van der Waals surface area contributed by atoms with Gasteiger partial charge in [0.2, 0.25) is 0 Å². The minimum atomic E-state index is 0.0757. The SMILES string of the molecule is Cc1ccc(C(CO)CN2CCOCC2)o1. The first kappa shape index (κ1) is 11.6. The molecule has 0 saturated carbocycles. The van der Waals surface area contributed by atoms with Gasteiger partial charge in [0.1, 0.15) is 11.5 Å². The summed E-state index contributed by atoms with van der Waals surface area (Å²) in [5, 5.41) is 9.40. The number of aryl methyl sites for hydroxylation is 1. The number of nitrogens with zero attached hydrogens (tertiary/aromatic N) is 1. The van der Waals surface area contributed by atoms with Crippen LogP contribution < -0.4 is 0 Å². The Labute approximate surface area is 95.8 Å². The van der Waals surface area contributed by atoms with E-state index in [2.05, 4.69) is 4.90 Å². The summed E-state index contributed by atoms with van der Waals surface area (Å²) < 4.78 is 10.9. The largest absolute Gasteiger partial charge is 0.466 e. The first-order valence-electron chi connectivity index (χ1n) is 5.77. The average molecular weight is 225 g/mol. The monoisotopic (exact) mass is 225 g/mol. The highest BCUT2D eigenvalue weighted by Gasteiger charge is 2.19. The molecule has 0 bridgehead atoms. The highest BCUT2D eigenvalue weighted by atomic mass is 16.5. The van der Waals surface area contributed by atoms with Crippen LogP contribution in [0.2, 0.25) is 0 Å². The Morgan fingerprint density at radius 2 is 2.12 bits per heavy atom. The highest BCUT2D eigenvalue weighted by Crippen LogP contribution is 2.19. The van der Waals surface area contributed by atoms with E-state index < -0.39 is 0 Å². The van der Waals surface area contributed by atoms with E-state index in [1.54, 1.807) is 0 Å². The summed E-state index contributed by atoms with van der Waals surface area (Å²) >= 11 is 0. The molecule has 1 aliphatic rings. The Bertz CT molecular complexity index is 318. The molecule has 0 spiro atoms. The summed E-state index contributed by atoms with van der Waals surface area (Å²) in [5.74, 6) is 1.86. The van der Waals surface area contributed by atoms with Crippen LogP contribution in [0.1, 0.15) is 17.4 Å². The van der Waals surface area contributed by atoms with E-state index in [0.29, 0.717) is 0 Å². The summed E-state index contributed by atoms with van der Waals surface area (Å²) in [4.78, 5) is 2.31. The maximum Gasteiger partial charge on any atom is 0.110 e. The molecular weight excluding hydrogens is 206 g/mol. The number of furan rings is 1. The van der Waals surface area contributed by atoms with E-state index in [-0.39, 0.29) is 12.5 Å². The molecule has 1 N–H and O–H groups in total. The third kappa shape index (κ3) is 2.84. The molecule has 1 fully saturated rings. The Morgan fingerprint density at radius 1 is 1.38 bits per heavy atom. The third-order valence-corrected chi connectivity index (χ3v) is 2.97. The van der Waals surface area contributed by atoms with Crippen LogP contribution in [-0.2, 0) is 4.74 Å². The Morgan fingerprint density at radius 3 is 2.69 bits per heavy atom. The number of hydrogen-bond donors (Lipinski definition) is 1. The van der Waals surface area contributed by atoms with Gasteiger partial charge in [0.25, 0.3) is 0 Å². The van der Waals surface area contributed by atoms with E-state index >= 15 is 0 Å². The molecule has 16 heavy (non-hydrogen) atoms. The van der Waals surface area contributed by atoms with Gasteiger partial charge in [-0.3, -0.25) is 4.90 Å². The zero-order valence-electron chi connectivity index (χ0n) is 9.69. The van der Waals surface area contributed by atoms with Crippen molar-refractivity contribution in [3.8, 4) is 0 Å². The summed E-state index contributed by atoms with van der Waals surface area (Å²) in [6, 6.07) is 3.90. The van der Waals surface area contributed by atoms with Crippen LogP contribution in [0.15, 0.2) is 16.5 Å². The van der Waals surface area contributed by atoms with Crippen LogP contribution in [0.5, 0.6) is 0 Å². The zero-order valence-corrected chi connectivity index (χ0v) is 9.69. The number of rotatable bonds is 4. The van der Waals surface area contributed by atoms with Gasteiger partial charge in [0, 0.05) is 19.6 Å². The lowest BCUT2D eigenvalue weighted by Gasteiger charge is -2.29. The van der Waals surface area contributed by atoms with E-state index in [9.17, 15) is 5.11 Å². The first-order chi connectivity index (χ1) is 7.79. The normalized spacial score (nSPS) is 19.9. The molecule has 2 heterocycles. The van der Waals surface area contributed by atoms with Gasteiger partial charge in [-0.1, -0.05) is 0 Å². The minimum absolute atomic E-state index is 0.0757. The van der Waals surface area contributed by atoms with Gasteiger partial charge in [0.15, 0.2) is 0 Å². The molecule has 1 aromatic rings. The number of morpholine rings is 1. The lowest BCUT2D eigenvalue weighted by atomic mass is 10.1. The van der Waals surface area contributed by atoms with Crippen LogP contribution in [0.4, 0.5) is 0 Å². The minimum Gasteiger partial charge on any atom is -0.466 e. The van der Waals surface area contributed by atoms with Crippen LogP contribution in [-0.4, -0.2) is 49.5 Å². The molecular formula is C12H19NO3. The molecule has 90 valence electrons. The van der Waals surface area contributed by atoms with E-state index in [1.807, 2.05) is 19.1 Å². The Kier molecular flexibility index (Phi) is 3.98. The number of hydrogen-bond acceptors (Lipinski definition) is 4. The zero-order chi connectivity index (χ0) is 11.4. The molecule has 4 heteroatoms. The fourth-order valence-electron chi connectivity index (χ4n) is 2.01. The van der Waals surface area contributed by atoms with Gasteiger partial charge in [-0.25, -0.2) is 0 Å².